The molecule has 4 aromatic rings. The molecule has 2 heteroatoms. The van der Waals surface area contributed by atoms with Crippen LogP contribution in [0.1, 0.15) is 46.5 Å². The number of para-hydroxylation sites is 4. The van der Waals surface area contributed by atoms with Gasteiger partial charge in [-0.3, -0.25) is 0 Å². The van der Waals surface area contributed by atoms with Gasteiger partial charge in [0.2, 0.25) is 0 Å². The number of rotatable bonds is 6. The van der Waals surface area contributed by atoms with Crippen LogP contribution < -0.4 is 9.80 Å². The maximum atomic E-state index is 2.61. The second kappa shape index (κ2) is 11.3. The van der Waals surface area contributed by atoms with Crippen LogP contribution in [0.3, 0.4) is 0 Å². The number of hydrogen-bond donors (Lipinski definition) is 0. The Balaban J connectivity index is 1.49. The van der Waals surface area contributed by atoms with Crippen molar-refractivity contribution in [3.8, 4) is 0 Å². The lowest BCUT2D eigenvalue weighted by Gasteiger charge is -2.48. The van der Waals surface area contributed by atoms with Crippen LogP contribution in [0.4, 0.5) is 22.7 Å². The second-order valence-corrected chi connectivity index (χ2v) is 11.2. The van der Waals surface area contributed by atoms with Gasteiger partial charge in [-0.25, -0.2) is 0 Å². The first-order valence-corrected chi connectivity index (χ1v) is 13.8. The van der Waals surface area contributed by atoms with Gasteiger partial charge in [0.15, 0.2) is 0 Å². The molecule has 3 atom stereocenters. The van der Waals surface area contributed by atoms with E-state index in [1.807, 2.05) is 0 Å². The Morgan fingerprint density at radius 2 is 0.892 bits per heavy atom. The summed E-state index contributed by atoms with van der Waals surface area (Å²) >= 11 is 0. The highest BCUT2D eigenvalue weighted by atomic mass is 15.2. The molecule has 2 nitrogen and oxygen atoms in total. The maximum absolute atomic E-state index is 2.61. The number of nitrogens with zero attached hydrogens (tertiary/aromatic N) is 2. The zero-order valence-corrected chi connectivity index (χ0v) is 22.5. The molecule has 5 rings (SSSR count). The molecule has 0 aliphatic heterocycles. The summed E-state index contributed by atoms with van der Waals surface area (Å²) in [6.45, 7) is 7.44. The van der Waals surface area contributed by atoms with E-state index in [2.05, 4.69) is 152 Å². The Bertz CT molecular complexity index is 1140. The molecular formula is C35H40N2. The lowest BCUT2D eigenvalue weighted by atomic mass is 9.71. The first kappa shape index (κ1) is 25.1. The van der Waals surface area contributed by atoms with Gasteiger partial charge in [-0.05, 0) is 85.5 Å². The summed E-state index contributed by atoms with van der Waals surface area (Å²) in [4.78, 5) is 5.21. The first-order valence-electron chi connectivity index (χ1n) is 13.8. The van der Waals surface area contributed by atoms with Gasteiger partial charge in [0.1, 0.15) is 0 Å². The van der Waals surface area contributed by atoms with E-state index in [4.69, 9.17) is 0 Å². The topological polar surface area (TPSA) is 6.48 Å². The van der Waals surface area contributed by atoms with Gasteiger partial charge in [0, 0.05) is 34.8 Å². The lowest BCUT2D eigenvalue weighted by molar-refractivity contribution is 0.191. The fraction of sp³-hybridized carbons (Fsp3) is 0.314. The zero-order chi connectivity index (χ0) is 25.7. The van der Waals surface area contributed by atoms with Crippen LogP contribution in [0, 0.1) is 11.3 Å². The smallest absolute Gasteiger partial charge is 0.0413 e. The highest BCUT2D eigenvalue weighted by Crippen LogP contribution is 2.45. The van der Waals surface area contributed by atoms with E-state index in [-0.39, 0.29) is 5.41 Å². The summed E-state index contributed by atoms with van der Waals surface area (Å²) < 4.78 is 0. The Kier molecular flexibility index (Phi) is 7.65. The summed E-state index contributed by atoms with van der Waals surface area (Å²) in [7, 11) is 0. The maximum Gasteiger partial charge on any atom is 0.0413 e. The Morgan fingerprint density at radius 1 is 0.514 bits per heavy atom. The highest BCUT2D eigenvalue weighted by molar-refractivity contribution is 5.65. The molecule has 1 aliphatic carbocycles. The molecule has 0 amide bonds. The van der Waals surface area contributed by atoms with Gasteiger partial charge in [-0.1, -0.05) is 93.6 Å². The van der Waals surface area contributed by atoms with Crippen molar-refractivity contribution >= 4 is 22.7 Å². The van der Waals surface area contributed by atoms with Crippen molar-refractivity contribution in [2.75, 3.05) is 9.80 Å². The average molecular weight is 489 g/mol. The van der Waals surface area contributed by atoms with Crippen molar-refractivity contribution in [2.24, 2.45) is 11.3 Å². The molecule has 190 valence electrons. The normalized spacial score (nSPS) is 21.4. The Hall–Kier alpha value is -3.52. The van der Waals surface area contributed by atoms with E-state index in [0.717, 1.165) is 12.8 Å². The molecule has 0 bridgehead atoms. The van der Waals surface area contributed by atoms with Crippen molar-refractivity contribution in [1.82, 2.24) is 0 Å². The van der Waals surface area contributed by atoms with Crippen LogP contribution in [0.25, 0.3) is 0 Å². The summed E-state index contributed by atoms with van der Waals surface area (Å²) in [5.74, 6) is 0.562. The quantitative estimate of drug-likeness (QED) is 0.266. The minimum absolute atomic E-state index is 0.142. The van der Waals surface area contributed by atoms with E-state index >= 15 is 0 Å². The molecule has 4 aromatic carbocycles. The number of benzene rings is 4. The third-order valence-corrected chi connectivity index (χ3v) is 8.32. The van der Waals surface area contributed by atoms with Gasteiger partial charge in [0.25, 0.3) is 0 Å². The van der Waals surface area contributed by atoms with Gasteiger partial charge < -0.3 is 9.80 Å². The molecule has 0 aromatic heterocycles. The standard InChI is InChI=1S/C35H40N2/c1-28-24-25-34(37(31-20-12-6-13-21-31)32-22-14-7-15-23-32)35(2,3)27-26-33(28)36(29-16-8-4-9-17-29)30-18-10-5-11-19-30/h4-23,28,33-34H,24-27H2,1-3H3/t28-,33?,34?/m0/s1. The van der Waals surface area contributed by atoms with Crippen molar-refractivity contribution in [1.29, 1.82) is 0 Å². The van der Waals surface area contributed by atoms with E-state index < -0.39 is 0 Å². The van der Waals surface area contributed by atoms with E-state index in [9.17, 15) is 0 Å². The van der Waals surface area contributed by atoms with E-state index in [1.54, 1.807) is 0 Å². The van der Waals surface area contributed by atoms with Crippen LogP contribution in [-0.2, 0) is 0 Å². The van der Waals surface area contributed by atoms with E-state index in [0.29, 0.717) is 18.0 Å². The van der Waals surface area contributed by atoms with Crippen LogP contribution in [-0.4, -0.2) is 12.1 Å². The number of hydrogen-bond acceptors (Lipinski definition) is 2. The van der Waals surface area contributed by atoms with Gasteiger partial charge in [0.05, 0.1) is 0 Å². The molecule has 1 fully saturated rings. The van der Waals surface area contributed by atoms with Gasteiger partial charge in [-0.2, -0.15) is 0 Å². The molecule has 37 heavy (non-hydrogen) atoms. The molecule has 0 radical (unpaired) electrons. The average Bonchev–Trinajstić information content (AvgIpc) is 2.94. The summed E-state index contributed by atoms with van der Waals surface area (Å²) in [6, 6.07) is 44.7. The van der Waals surface area contributed by atoms with Gasteiger partial charge >= 0.3 is 0 Å². The van der Waals surface area contributed by atoms with Crippen molar-refractivity contribution in [3.63, 3.8) is 0 Å². The predicted octanol–water partition coefficient (Wildman–Crippen LogP) is 9.64. The first-order chi connectivity index (χ1) is 18.0. The monoisotopic (exact) mass is 488 g/mol. The van der Waals surface area contributed by atoms with Crippen LogP contribution in [0.15, 0.2) is 121 Å². The summed E-state index contributed by atoms with van der Waals surface area (Å²) in [5, 5.41) is 0. The SMILES string of the molecule is C[C@H]1CCC(N(c2ccccc2)c2ccccc2)C(C)(C)CCC1N(c1ccccc1)c1ccccc1. The fourth-order valence-corrected chi connectivity index (χ4v) is 6.23. The number of anilines is 4. The molecule has 0 saturated heterocycles. The molecular weight excluding hydrogens is 448 g/mol. The minimum Gasteiger partial charge on any atom is -0.338 e. The summed E-state index contributed by atoms with van der Waals surface area (Å²) in [5.41, 5.74) is 5.29. The summed E-state index contributed by atoms with van der Waals surface area (Å²) in [6.07, 6.45) is 4.67. The minimum atomic E-state index is 0.142. The Labute approximate surface area is 223 Å². The molecule has 1 aliphatic rings. The zero-order valence-electron chi connectivity index (χ0n) is 22.5. The fourth-order valence-electron chi connectivity index (χ4n) is 6.23. The third kappa shape index (κ3) is 5.59. The van der Waals surface area contributed by atoms with Crippen LogP contribution in [0.2, 0.25) is 0 Å². The van der Waals surface area contributed by atoms with E-state index in [1.165, 1.54) is 35.6 Å². The Morgan fingerprint density at radius 3 is 1.30 bits per heavy atom. The third-order valence-electron chi connectivity index (χ3n) is 8.32. The van der Waals surface area contributed by atoms with Crippen molar-refractivity contribution in [2.45, 2.75) is 58.5 Å². The highest BCUT2D eigenvalue weighted by Gasteiger charge is 2.40. The van der Waals surface area contributed by atoms with Gasteiger partial charge in [-0.15, -0.1) is 0 Å². The predicted molar refractivity (Wildman–Crippen MR) is 159 cm³/mol. The molecule has 0 heterocycles. The molecule has 2 unspecified atom stereocenters. The lowest BCUT2D eigenvalue weighted by Crippen LogP contribution is -2.47. The van der Waals surface area contributed by atoms with Crippen LogP contribution in [0.5, 0.6) is 0 Å². The largest absolute Gasteiger partial charge is 0.338 e. The molecule has 0 N–H and O–H groups in total. The molecule has 1 saturated carbocycles. The molecule has 0 spiro atoms. The van der Waals surface area contributed by atoms with Crippen molar-refractivity contribution in [3.05, 3.63) is 121 Å². The second-order valence-electron chi connectivity index (χ2n) is 11.2. The van der Waals surface area contributed by atoms with Crippen LogP contribution >= 0.6 is 0 Å². The van der Waals surface area contributed by atoms with Crippen molar-refractivity contribution < 1.29 is 0 Å².